The van der Waals surface area contributed by atoms with Crippen LogP contribution in [0.5, 0.6) is 5.75 Å². The lowest BCUT2D eigenvalue weighted by Gasteiger charge is -2.30. The van der Waals surface area contributed by atoms with Crippen LogP contribution in [-0.2, 0) is 4.79 Å². The number of aromatic nitrogens is 2. The number of carbonyl (C=O) groups excluding carboxylic acids is 1. The van der Waals surface area contributed by atoms with E-state index in [0.29, 0.717) is 16.5 Å². The molecule has 4 rings (SSSR count). The molecular formula is C24H25ClN4O2. The predicted octanol–water partition coefficient (Wildman–Crippen LogP) is 5.05. The molecule has 0 spiro atoms. The molecule has 0 radical (unpaired) electrons. The van der Waals surface area contributed by atoms with Crippen molar-refractivity contribution in [3.05, 3.63) is 65.7 Å². The maximum atomic E-state index is 12.3. The Morgan fingerprint density at radius 3 is 2.65 bits per heavy atom. The second-order valence-electron chi connectivity index (χ2n) is 7.79. The Morgan fingerprint density at radius 2 is 1.90 bits per heavy atom. The van der Waals surface area contributed by atoms with Crippen molar-refractivity contribution in [3.8, 4) is 17.0 Å². The molecule has 1 amide bonds. The van der Waals surface area contributed by atoms with Crippen molar-refractivity contribution in [2.24, 2.45) is 5.92 Å². The number of piperidine rings is 1. The van der Waals surface area contributed by atoms with Gasteiger partial charge < -0.3 is 15.0 Å². The molecule has 0 bridgehead atoms. The van der Waals surface area contributed by atoms with Gasteiger partial charge in [-0.2, -0.15) is 0 Å². The second kappa shape index (κ2) is 9.79. The first-order chi connectivity index (χ1) is 15.1. The Labute approximate surface area is 187 Å². The van der Waals surface area contributed by atoms with Gasteiger partial charge in [-0.3, -0.25) is 4.79 Å². The summed E-state index contributed by atoms with van der Waals surface area (Å²) < 4.78 is 5.49. The maximum absolute atomic E-state index is 12.3. The summed E-state index contributed by atoms with van der Waals surface area (Å²) in [6.45, 7) is 4.21. The summed E-state index contributed by atoms with van der Waals surface area (Å²) in [5.74, 6) is 1.90. The van der Waals surface area contributed by atoms with E-state index in [1.165, 1.54) is 12.8 Å². The Balaban J connectivity index is 1.37. The van der Waals surface area contributed by atoms with E-state index in [1.807, 2.05) is 42.5 Å². The van der Waals surface area contributed by atoms with Gasteiger partial charge in [0.05, 0.1) is 10.7 Å². The van der Waals surface area contributed by atoms with Gasteiger partial charge in [0.1, 0.15) is 5.75 Å². The normalized spacial score (nSPS) is 14.3. The lowest BCUT2D eigenvalue weighted by atomic mass is 9.99. The van der Waals surface area contributed by atoms with Gasteiger partial charge in [-0.1, -0.05) is 42.8 Å². The van der Waals surface area contributed by atoms with Crippen molar-refractivity contribution in [2.45, 2.75) is 19.8 Å². The second-order valence-corrected chi connectivity index (χ2v) is 8.20. The molecule has 1 fully saturated rings. The first-order valence-corrected chi connectivity index (χ1v) is 10.8. The van der Waals surface area contributed by atoms with Crippen LogP contribution in [0, 0.1) is 5.92 Å². The molecule has 7 heteroatoms. The standard InChI is InChI=1S/C24H25ClN4O2/c1-17-11-13-29(14-12-17)23-10-9-21(27-28-23)18-5-4-6-19(15-18)26-24(30)16-31-22-8-3-2-7-20(22)25/h2-10,15,17H,11-14,16H2,1H3,(H,26,30). The number of para-hydroxylation sites is 1. The highest BCUT2D eigenvalue weighted by atomic mass is 35.5. The van der Waals surface area contributed by atoms with Crippen molar-refractivity contribution < 1.29 is 9.53 Å². The Bertz CT molecular complexity index is 1030. The molecule has 0 atom stereocenters. The van der Waals surface area contributed by atoms with E-state index in [9.17, 15) is 4.79 Å². The third-order valence-electron chi connectivity index (χ3n) is 5.40. The van der Waals surface area contributed by atoms with Gasteiger partial charge in [-0.25, -0.2) is 0 Å². The minimum Gasteiger partial charge on any atom is -0.482 e. The molecule has 6 nitrogen and oxygen atoms in total. The largest absolute Gasteiger partial charge is 0.482 e. The van der Waals surface area contributed by atoms with Crippen LogP contribution < -0.4 is 15.0 Å². The van der Waals surface area contributed by atoms with Gasteiger partial charge >= 0.3 is 0 Å². The van der Waals surface area contributed by atoms with E-state index < -0.39 is 0 Å². The number of amides is 1. The quantitative estimate of drug-likeness (QED) is 0.585. The van der Waals surface area contributed by atoms with E-state index >= 15 is 0 Å². The van der Waals surface area contributed by atoms with Crippen molar-refractivity contribution in [1.29, 1.82) is 0 Å². The minimum absolute atomic E-state index is 0.128. The summed E-state index contributed by atoms with van der Waals surface area (Å²) in [6.07, 6.45) is 2.37. The third kappa shape index (κ3) is 5.52. The summed E-state index contributed by atoms with van der Waals surface area (Å²) in [7, 11) is 0. The molecule has 0 aliphatic carbocycles. The number of nitrogens with one attached hydrogen (secondary N) is 1. The minimum atomic E-state index is -0.266. The maximum Gasteiger partial charge on any atom is 0.262 e. The van der Waals surface area contributed by atoms with Crippen molar-refractivity contribution in [2.75, 3.05) is 29.9 Å². The SMILES string of the molecule is CC1CCN(c2ccc(-c3cccc(NC(=O)COc4ccccc4Cl)c3)nn2)CC1. The van der Waals surface area contributed by atoms with Crippen LogP contribution >= 0.6 is 11.6 Å². The smallest absolute Gasteiger partial charge is 0.262 e. The van der Waals surface area contributed by atoms with Crippen molar-refractivity contribution >= 4 is 29.0 Å². The molecule has 2 aromatic carbocycles. The van der Waals surface area contributed by atoms with Gasteiger partial charge in [0, 0.05) is 24.3 Å². The number of ether oxygens (including phenoxy) is 1. The highest BCUT2D eigenvalue weighted by Crippen LogP contribution is 2.25. The highest BCUT2D eigenvalue weighted by Gasteiger charge is 2.17. The van der Waals surface area contributed by atoms with Gasteiger partial charge in [-0.05, 0) is 55.2 Å². The van der Waals surface area contributed by atoms with Crippen LogP contribution in [0.15, 0.2) is 60.7 Å². The lowest BCUT2D eigenvalue weighted by molar-refractivity contribution is -0.118. The molecule has 0 unspecified atom stereocenters. The molecule has 1 aliphatic heterocycles. The van der Waals surface area contributed by atoms with Crippen LogP contribution in [0.2, 0.25) is 5.02 Å². The zero-order chi connectivity index (χ0) is 21.6. The fourth-order valence-corrected chi connectivity index (χ4v) is 3.73. The van der Waals surface area contributed by atoms with E-state index in [4.69, 9.17) is 16.3 Å². The fourth-order valence-electron chi connectivity index (χ4n) is 3.54. The first kappa shape index (κ1) is 21.1. The van der Waals surface area contributed by atoms with E-state index in [0.717, 1.165) is 36.1 Å². The van der Waals surface area contributed by atoms with Crippen molar-refractivity contribution in [3.63, 3.8) is 0 Å². The molecule has 0 saturated carbocycles. The summed E-state index contributed by atoms with van der Waals surface area (Å²) in [6, 6.07) is 18.6. The van der Waals surface area contributed by atoms with Gasteiger partial charge in [0.15, 0.2) is 12.4 Å². The van der Waals surface area contributed by atoms with Gasteiger partial charge in [0.25, 0.3) is 5.91 Å². The fraction of sp³-hybridized carbons (Fsp3) is 0.292. The number of hydrogen-bond donors (Lipinski definition) is 1. The topological polar surface area (TPSA) is 67.4 Å². The average molecular weight is 437 g/mol. The lowest BCUT2D eigenvalue weighted by Crippen LogP contribution is -2.33. The Morgan fingerprint density at radius 1 is 1.10 bits per heavy atom. The van der Waals surface area contributed by atoms with E-state index in [1.54, 1.807) is 18.2 Å². The summed E-state index contributed by atoms with van der Waals surface area (Å²) >= 11 is 6.05. The zero-order valence-electron chi connectivity index (χ0n) is 17.4. The summed E-state index contributed by atoms with van der Waals surface area (Å²) in [5.41, 5.74) is 2.31. The molecule has 160 valence electrons. The summed E-state index contributed by atoms with van der Waals surface area (Å²) in [4.78, 5) is 14.6. The highest BCUT2D eigenvalue weighted by molar-refractivity contribution is 6.32. The molecular weight excluding hydrogens is 412 g/mol. The predicted molar refractivity (Wildman–Crippen MR) is 124 cm³/mol. The monoisotopic (exact) mass is 436 g/mol. The van der Waals surface area contributed by atoms with Crippen molar-refractivity contribution in [1.82, 2.24) is 10.2 Å². The zero-order valence-corrected chi connectivity index (χ0v) is 18.2. The first-order valence-electron chi connectivity index (χ1n) is 10.4. The van der Waals surface area contributed by atoms with Gasteiger partial charge in [-0.15, -0.1) is 10.2 Å². The number of halogens is 1. The number of rotatable bonds is 6. The molecule has 1 saturated heterocycles. The van der Waals surface area contributed by atoms with Crippen LogP contribution in [0.1, 0.15) is 19.8 Å². The average Bonchev–Trinajstić information content (AvgIpc) is 2.79. The molecule has 2 heterocycles. The number of benzene rings is 2. The summed E-state index contributed by atoms with van der Waals surface area (Å²) in [5, 5.41) is 12.1. The van der Waals surface area contributed by atoms with Crippen LogP contribution in [0.25, 0.3) is 11.3 Å². The van der Waals surface area contributed by atoms with E-state index in [-0.39, 0.29) is 12.5 Å². The Hall–Kier alpha value is -3.12. The molecule has 31 heavy (non-hydrogen) atoms. The number of carbonyl (C=O) groups is 1. The van der Waals surface area contributed by atoms with Crippen LogP contribution in [-0.4, -0.2) is 35.8 Å². The van der Waals surface area contributed by atoms with Crippen LogP contribution in [0.3, 0.4) is 0 Å². The molecule has 1 N–H and O–H groups in total. The Kier molecular flexibility index (Phi) is 6.67. The molecule has 1 aliphatic rings. The number of anilines is 2. The number of hydrogen-bond acceptors (Lipinski definition) is 5. The number of nitrogens with zero attached hydrogens (tertiary/aromatic N) is 3. The van der Waals surface area contributed by atoms with Gasteiger partial charge in [0.2, 0.25) is 0 Å². The van der Waals surface area contributed by atoms with E-state index in [2.05, 4.69) is 27.3 Å². The molecule has 1 aromatic heterocycles. The molecule has 3 aromatic rings. The third-order valence-corrected chi connectivity index (χ3v) is 5.71. The van der Waals surface area contributed by atoms with Crippen LogP contribution in [0.4, 0.5) is 11.5 Å².